The number of benzene rings is 1. The van der Waals surface area contributed by atoms with E-state index in [1.807, 2.05) is 0 Å². The highest BCUT2D eigenvalue weighted by Gasteiger charge is 2.39. The van der Waals surface area contributed by atoms with E-state index >= 15 is 0 Å². The highest BCUT2D eigenvalue weighted by molar-refractivity contribution is 5.94. The first-order chi connectivity index (χ1) is 11.4. The van der Waals surface area contributed by atoms with Gasteiger partial charge in [0.05, 0.1) is 4.92 Å². The van der Waals surface area contributed by atoms with Gasteiger partial charge in [0.1, 0.15) is 0 Å². The van der Waals surface area contributed by atoms with Crippen molar-refractivity contribution in [3.8, 4) is 0 Å². The number of hydrogen-bond acceptors (Lipinski definition) is 4. The molecule has 2 N–H and O–H groups in total. The van der Waals surface area contributed by atoms with Crippen LogP contribution >= 0.6 is 0 Å². The van der Waals surface area contributed by atoms with Gasteiger partial charge in [0, 0.05) is 36.2 Å². The number of piperidine rings is 1. The molecule has 2 amide bonds. The minimum Gasteiger partial charge on any atom is -0.353 e. The molecule has 128 valence electrons. The average molecular weight is 331 g/mol. The van der Waals surface area contributed by atoms with Crippen molar-refractivity contribution in [2.24, 2.45) is 11.8 Å². The van der Waals surface area contributed by atoms with Crippen molar-refractivity contribution in [2.75, 3.05) is 0 Å². The van der Waals surface area contributed by atoms with E-state index in [1.54, 1.807) is 0 Å². The van der Waals surface area contributed by atoms with Crippen LogP contribution in [-0.4, -0.2) is 28.8 Å². The minimum absolute atomic E-state index is 0.0135. The van der Waals surface area contributed by atoms with Gasteiger partial charge in [-0.2, -0.15) is 0 Å². The zero-order valence-corrected chi connectivity index (χ0v) is 13.5. The molecule has 1 aliphatic heterocycles. The molecule has 0 aromatic heterocycles. The van der Waals surface area contributed by atoms with E-state index in [1.165, 1.54) is 24.3 Å². The summed E-state index contributed by atoms with van der Waals surface area (Å²) in [6.07, 6.45) is 3.19. The Bertz CT molecular complexity index is 658. The SMILES string of the molecule is CC1CC(=O)NC2CC(NC(=O)c3ccc([N+](=O)[O-])cc3)CCC12. The lowest BCUT2D eigenvalue weighted by molar-refractivity contribution is -0.384. The monoisotopic (exact) mass is 331 g/mol. The summed E-state index contributed by atoms with van der Waals surface area (Å²) in [5.74, 6) is 0.722. The first-order valence-electron chi connectivity index (χ1n) is 8.28. The van der Waals surface area contributed by atoms with Gasteiger partial charge < -0.3 is 10.6 Å². The van der Waals surface area contributed by atoms with Crippen LogP contribution in [0.15, 0.2) is 24.3 Å². The maximum atomic E-state index is 12.3. The lowest BCUT2D eigenvalue weighted by Crippen LogP contribution is -2.54. The van der Waals surface area contributed by atoms with Gasteiger partial charge in [0.25, 0.3) is 11.6 Å². The van der Waals surface area contributed by atoms with Crippen LogP contribution in [0.25, 0.3) is 0 Å². The van der Waals surface area contributed by atoms with Gasteiger partial charge in [-0.05, 0) is 43.2 Å². The van der Waals surface area contributed by atoms with Crippen molar-refractivity contribution in [3.05, 3.63) is 39.9 Å². The summed E-state index contributed by atoms with van der Waals surface area (Å²) >= 11 is 0. The Morgan fingerprint density at radius 2 is 2.00 bits per heavy atom. The van der Waals surface area contributed by atoms with Gasteiger partial charge in [-0.1, -0.05) is 6.92 Å². The van der Waals surface area contributed by atoms with E-state index < -0.39 is 4.92 Å². The first kappa shape index (κ1) is 16.4. The van der Waals surface area contributed by atoms with E-state index in [4.69, 9.17) is 0 Å². The summed E-state index contributed by atoms with van der Waals surface area (Å²) in [5, 5.41) is 16.7. The van der Waals surface area contributed by atoms with Gasteiger partial charge in [-0.15, -0.1) is 0 Å². The van der Waals surface area contributed by atoms with Crippen LogP contribution in [0.3, 0.4) is 0 Å². The van der Waals surface area contributed by atoms with Gasteiger partial charge in [-0.25, -0.2) is 0 Å². The molecule has 7 heteroatoms. The topological polar surface area (TPSA) is 101 Å². The van der Waals surface area contributed by atoms with Crippen molar-refractivity contribution in [1.29, 1.82) is 0 Å². The first-order valence-corrected chi connectivity index (χ1v) is 8.28. The molecule has 0 radical (unpaired) electrons. The van der Waals surface area contributed by atoms with Crippen molar-refractivity contribution in [2.45, 2.75) is 44.7 Å². The minimum atomic E-state index is -0.490. The molecule has 2 fully saturated rings. The number of nitrogens with one attached hydrogen (secondary N) is 2. The largest absolute Gasteiger partial charge is 0.353 e. The van der Waals surface area contributed by atoms with Crippen LogP contribution in [0, 0.1) is 22.0 Å². The number of rotatable bonds is 3. The predicted octanol–water partition coefficient (Wildman–Crippen LogP) is 2.02. The van der Waals surface area contributed by atoms with E-state index in [0.717, 1.165) is 19.3 Å². The Hall–Kier alpha value is -2.44. The molecule has 1 aromatic carbocycles. The number of non-ortho nitro benzene ring substituents is 1. The van der Waals surface area contributed by atoms with E-state index in [0.29, 0.717) is 23.8 Å². The van der Waals surface area contributed by atoms with E-state index in [-0.39, 0.29) is 29.6 Å². The third-order valence-corrected chi connectivity index (χ3v) is 5.16. The number of carbonyl (C=O) groups is 2. The zero-order chi connectivity index (χ0) is 17.3. The van der Waals surface area contributed by atoms with Crippen LogP contribution < -0.4 is 10.6 Å². The fourth-order valence-electron chi connectivity index (χ4n) is 3.88. The van der Waals surface area contributed by atoms with Crippen LogP contribution in [0.5, 0.6) is 0 Å². The summed E-state index contributed by atoms with van der Waals surface area (Å²) in [4.78, 5) is 34.2. The quantitative estimate of drug-likeness (QED) is 0.653. The number of amides is 2. The van der Waals surface area contributed by atoms with Gasteiger partial charge in [-0.3, -0.25) is 19.7 Å². The lowest BCUT2D eigenvalue weighted by atomic mass is 9.72. The molecule has 1 saturated heterocycles. The van der Waals surface area contributed by atoms with E-state index in [9.17, 15) is 19.7 Å². The number of nitrogens with zero attached hydrogens (tertiary/aromatic N) is 1. The van der Waals surface area contributed by atoms with Crippen molar-refractivity contribution in [3.63, 3.8) is 0 Å². The molecule has 1 saturated carbocycles. The molecular formula is C17H21N3O4. The normalized spacial score (nSPS) is 29.3. The van der Waals surface area contributed by atoms with Crippen LogP contribution in [0.4, 0.5) is 5.69 Å². The Morgan fingerprint density at radius 3 is 2.67 bits per heavy atom. The summed E-state index contributed by atoms with van der Waals surface area (Å²) in [6.45, 7) is 2.12. The molecule has 1 aliphatic carbocycles. The second-order valence-electron chi connectivity index (χ2n) is 6.81. The average Bonchev–Trinajstić information content (AvgIpc) is 2.54. The molecule has 24 heavy (non-hydrogen) atoms. The molecule has 3 rings (SSSR count). The molecular weight excluding hydrogens is 310 g/mol. The second-order valence-corrected chi connectivity index (χ2v) is 6.81. The number of carbonyl (C=O) groups excluding carboxylic acids is 2. The molecule has 0 bridgehead atoms. The summed E-state index contributed by atoms with van der Waals surface area (Å²) in [7, 11) is 0. The lowest BCUT2D eigenvalue weighted by Gasteiger charge is -2.43. The Morgan fingerprint density at radius 1 is 1.29 bits per heavy atom. The fraction of sp³-hybridized carbons (Fsp3) is 0.529. The van der Waals surface area contributed by atoms with Crippen LogP contribution in [-0.2, 0) is 4.79 Å². The highest BCUT2D eigenvalue weighted by Crippen LogP contribution is 2.35. The number of fused-ring (bicyclic) bond motifs is 1. The zero-order valence-electron chi connectivity index (χ0n) is 13.5. The van der Waals surface area contributed by atoms with Crippen molar-refractivity contribution < 1.29 is 14.5 Å². The summed E-state index contributed by atoms with van der Waals surface area (Å²) in [5.41, 5.74) is 0.370. The van der Waals surface area contributed by atoms with Crippen LogP contribution in [0.2, 0.25) is 0 Å². The van der Waals surface area contributed by atoms with Crippen LogP contribution in [0.1, 0.15) is 43.0 Å². The second kappa shape index (κ2) is 6.59. The standard InChI is InChI=1S/C17H21N3O4/c1-10-8-16(21)19-15-9-12(4-7-14(10)15)18-17(22)11-2-5-13(6-3-11)20(23)24/h2-3,5-6,10,12,14-15H,4,7-9H2,1H3,(H,18,22)(H,19,21). The molecule has 1 aromatic rings. The Labute approximate surface area is 140 Å². The molecule has 1 heterocycles. The third kappa shape index (κ3) is 3.39. The third-order valence-electron chi connectivity index (χ3n) is 5.16. The van der Waals surface area contributed by atoms with Gasteiger partial charge in [0.2, 0.25) is 5.91 Å². The predicted molar refractivity (Wildman–Crippen MR) is 87.4 cm³/mol. The van der Waals surface area contributed by atoms with Gasteiger partial charge >= 0.3 is 0 Å². The molecule has 0 spiro atoms. The Kier molecular flexibility index (Phi) is 4.51. The number of nitro benzene ring substituents is 1. The van der Waals surface area contributed by atoms with Crippen molar-refractivity contribution >= 4 is 17.5 Å². The maximum absolute atomic E-state index is 12.3. The number of hydrogen-bond donors (Lipinski definition) is 2. The smallest absolute Gasteiger partial charge is 0.269 e. The van der Waals surface area contributed by atoms with Crippen molar-refractivity contribution in [1.82, 2.24) is 10.6 Å². The Balaban J connectivity index is 1.61. The van der Waals surface area contributed by atoms with E-state index in [2.05, 4.69) is 17.6 Å². The molecule has 4 atom stereocenters. The molecule has 4 unspecified atom stereocenters. The maximum Gasteiger partial charge on any atom is 0.269 e. The summed E-state index contributed by atoms with van der Waals surface area (Å²) < 4.78 is 0. The highest BCUT2D eigenvalue weighted by atomic mass is 16.6. The molecule has 2 aliphatic rings. The molecule has 7 nitrogen and oxygen atoms in total. The summed E-state index contributed by atoms with van der Waals surface area (Å²) in [6, 6.07) is 5.72. The fourth-order valence-corrected chi connectivity index (χ4v) is 3.88. The number of nitro groups is 1. The van der Waals surface area contributed by atoms with Gasteiger partial charge in [0.15, 0.2) is 0 Å².